The summed E-state index contributed by atoms with van der Waals surface area (Å²) in [5, 5.41) is 0.910. The van der Waals surface area contributed by atoms with Gasteiger partial charge in [0.05, 0.1) is 10.5 Å². The number of hydrogen-bond donors (Lipinski definition) is 1. The maximum Gasteiger partial charge on any atom is 0.573 e. The number of ether oxygens (including phenoxy) is 2. The number of pyridine rings is 2. The Bertz CT molecular complexity index is 1300. The number of H-pyrrole nitrogens is 1. The van der Waals surface area contributed by atoms with Crippen molar-refractivity contribution in [2.75, 3.05) is 0 Å². The van der Waals surface area contributed by atoms with E-state index in [0.717, 1.165) is 12.1 Å². The van der Waals surface area contributed by atoms with Gasteiger partial charge in [-0.25, -0.2) is 0 Å². The van der Waals surface area contributed by atoms with Crippen LogP contribution in [-0.2, 0) is 0 Å². The molecule has 2 heterocycles. The molecule has 2 aromatic heterocycles. The molecule has 0 aliphatic rings. The van der Waals surface area contributed by atoms with Gasteiger partial charge in [0.1, 0.15) is 11.5 Å². The minimum Gasteiger partial charge on any atom is -0.406 e. The van der Waals surface area contributed by atoms with Crippen LogP contribution in [0.1, 0.15) is 0 Å². The van der Waals surface area contributed by atoms with E-state index >= 15 is 0 Å². The fourth-order valence-electron chi connectivity index (χ4n) is 2.64. The first-order valence-electron chi connectivity index (χ1n) is 8.58. The van der Waals surface area contributed by atoms with Crippen LogP contribution in [0, 0.1) is 0 Å². The monoisotopic (exact) mass is 476 g/mol. The first-order chi connectivity index (χ1) is 14.9. The van der Waals surface area contributed by atoms with Crippen molar-refractivity contribution < 1.29 is 35.8 Å². The summed E-state index contributed by atoms with van der Waals surface area (Å²) < 4.78 is 79.2. The minimum absolute atomic E-state index is 0.157. The molecule has 0 bridgehead atoms. The molecular formula is C20H11ClF6N2O3. The van der Waals surface area contributed by atoms with Crippen molar-refractivity contribution in [2.45, 2.75) is 12.7 Å². The van der Waals surface area contributed by atoms with Crippen LogP contribution in [0.25, 0.3) is 21.8 Å². The maximum atomic E-state index is 12.0. The summed E-state index contributed by atoms with van der Waals surface area (Å²) >= 11 is 5.82. The Hall–Kier alpha value is -3.47. The Labute approximate surface area is 180 Å². The van der Waals surface area contributed by atoms with Gasteiger partial charge in [-0.05, 0) is 42.5 Å². The highest BCUT2D eigenvalue weighted by Gasteiger charge is 2.31. The summed E-state index contributed by atoms with van der Waals surface area (Å²) in [5.41, 5.74) is 0.616. The molecule has 5 nitrogen and oxygen atoms in total. The molecule has 4 rings (SSSR count). The average molecular weight is 477 g/mol. The van der Waals surface area contributed by atoms with Crippen molar-refractivity contribution in [3.05, 3.63) is 76.2 Å². The predicted octanol–water partition coefficient (Wildman–Crippen LogP) is 6.21. The van der Waals surface area contributed by atoms with Crippen molar-refractivity contribution in [3.63, 3.8) is 0 Å². The Morgan fingerprint density at radius 2 is 1.41 bits per heavy atom. The van der Waals surface area contributed by atoms with Crippen molar-refractivity contribution in [3.8, 4) is 11.5 Å². The van der Waals surface area contributed by atoms with E-state index in [-0.39, 0.29) is 16.6 Å². The first kappa shape index (κ1) is 23.2. The zero-order valence-corrected chi connectivity index (χ0v) is 16.3. The molecule has 168 valence electrons. The summed E-state index contributed by atoms with van der Waals surface area (Å²) in [7, 11) is 0. The number of aromatic nitrogens is 2. The van der Waals surface area contributed by atoms with E-state index in [0.29, 0.717) is 21.4 Å². The average Bonchev–Trinajstić information content (AvgIpc) is 2.67. The summed E-state index contributed by atoms with van der Waals surface area (Å²) in [6.45, 7) is 0. The van der Waals surface area contributed by atoms with E-state index in [1.807, 2.05) is 0 Å². The van der Waals surface area contributed by atoms with Crippen molar-refractivity contribution in [1.29, 1.82) is 0 Å². The van der Waals surface area contributed by atoms with E-state index in [9.17, 15) is 31.1 Å². The number of hydrogen-bond acceptors (Lipinski definition) is 4. The SMILES string of the molecule is FC(F)(F)Oc1ccc2nccc(Cl)c2c1.O=c1cc[nH]c2ccc(OC(F)(F)F)cc12. The summed E-state index contributed by atoms with van der Waals surface area (Å²) in [4.78, 5) is 18.0. The molecule has 0 radical (unpaired) electrons. The summed E-state index contributed by atoms with van der Waals surface area (Å²) in [6.07, 6.45) is -6.55. The largest absolute Gasteiger partial charge is 0.573 e. The lowest BCUT2D eigenvalue weighted by molar-refractivity contribution is -0.275. The third kappa shape index (κ3) is 6.27. The second-order valence-electron chi connectivity index (χ2n) is 6.12. The van der Waals surface area contributed by atoms with Gasteiger partial charge in [0.25, 0.3) is 0 Å². The minimum atomic E-state index is -4.75. The predicted molar refractivity (Wildman–Crippen MR) is 105 cm³/mol. The smallest absolute Gasteiger partial charge is 0.406 e. The van der Waals surface area contributed by atoms with E-state index < -0.39 is 18.5 Å². The van der Waals surface area contributed by atoms with Crippen LogP contribution >= 0.6 is 11.6 Å². The lowest BCUT2D eigenvalue weighted by Gasteiger charge is -2.09. The molecular weight excluding hydrogens is 466 g/mol. The topological polar surface area (TPSA) is 64.2 Å². The molecule has 0 aliphatic heterocycles. The highest BCUT2D eigenvalue weighted by molar-refractivity contribution is 6.35. The number of benzene rings is 2. The number of alkyl halides is 6. The summed E-state index contributed by atoms with van der Waals surface area (Å²) in [6, 6.07) is 10.1. The number of nitrogens with zero attached hydrogens (tertiary/aromatic N) is 1. The fourth-order valence-corrected chi connectivity index (χ4v) is 2.84. The van der Waals surface area contributed by atoms with Gasteiger partial charge in [-0.15, -0.1) is 26.3 Å². The number of nitrogens with one attached hydrogen (secondary N) is 1. The van der Waals surface area contributed by atoms with Crippen LogP contribution in [0.15, 0.2) is 65.7 Å². The van der Waals surface area contributed by atoms with Gasteiger partial charge < -0.3 is 14.5 Å². The van der Waals surface area contributed by atoms with E-state index in [4.69, 9.17) is 11.6 Å². The molecule has 0 saturated carbocycles. The number of fused-ring (bicyclic) bond motifs is 2. The second-order valence-corrected chi connectivity index (χ2v) is 6.52. The molecule has 0 fully saturated rings. The van der Waals surface area contributed by atoms with Crippen LogP contribution in [0.2, 0.25) is 5.02 Å². The quantitative estimate of drug-likeness (QED) is 0.349. The fraction of sp³-hybridized carbons (Fsp3) is 0.100. The Morgan fingerprint density at radius 3 is 2.03 bits per heavy atom. The van der Waals surface area contributed by atoms with Crippen LogP contribution in [0.5, 0.6) is 11.5 Å². The van der Waals surface area contributed by atoms with Crippen LogP contribution in [0.3, 0.4) is 0 Å². The van der Waals surface area contributed by atoms with Crippen LogP contribution in [0.4, 0.5) is 26.3 Å². The van der Waals surface area contributed by atoms with Crippen molar-refractivity contribution in [2.24, 2.45) is 0 Å². The normalized spacial score (nSPS) is 11.7. The molecule has 0 amide bonds. The van der Waals surface area contributed by atoms with Crippen molar-refractivity contribution >= 4 is 33.4 Å². The molecule has 0 saturated heterocycles. The van der Waals surface area contributed by atoms with Gasteiger partial charge in [-0.3, -0.25) is 9.78 Å². The van der Waals surface area contributed by atoms with Gasteiger partial charge in [0, 0.05) is 34.7 Å². The molecule has 0 atom stereocenters. The van der Waals surface area contributed by atoms with E-state index in [2.05, 4.69) is 19.4 Å². The number of halogens is 7. The Morgan fingerprint density at radius 1 is 0.812 bits per heavy atom. The standard InChI is InChI=1S/C10H5ClF3NO.C10H6F3NO2/c11-8-3-4-15-9-2-1-6(5-7(8)9)16-10(12,13)14;11-10(12,13)16-6-1-2-8-7(5-6)9(15)3-4-14-8/h1-5H;1-5H,(H,14,15). The molecule has 4 aromatic rings. The van der Waals surface area contributed by atoms with Crippen LogP contribution in [-0.4, -0.2) is 22.7 Å². The van der Waals surface area contributed by atoms with Crippen LogP contribution < -0.4 is 14.9 Å². The molecule has 0 aliphatic carbocycles. The highest BCUT2D eigenvalue weighted by Crippen LogP contribution is 2.29. The third-order valence-corrected chi connectivity index (χ3v) is 4.19. The zero-order chi connectivity index (χ0) is 23.5. The van der Waals surface area contributed by atoms with Gasteiger partial charge >= 0.3 is 12.7 Å². The van der Waals surface area contributed by atoms with Gasteiger partial charge in [-0.2, -0.15) is 0 Å². The molecule has 0 spiro atoms. The maximum absolute atomic E-state index is 12.0. The summed E-state index contributed by atoms with van der Waals surface area (Å²) in [5.74, 6) is -0.716. The molecule has 2 aromatic carbocycles. The molecule has 32 heavy (non-hydrogen) atoms. The zero-order valence-electron chi connectivity index (χ0n) is 15.6. The first-order valence-corrected chi connectivity index (χ1v) is 8.96. The lowest BCUT2D eigenvalue weighted by atomic mass is 10.2. The lowest BCUT2D eigenvalue weighted by Crippen LogP contribution is -2.17. The highest BCUT2D eigenvalue weighted by atomic mass is 35.5. The number of aromatic amines is 1. The Balaban J connectivity index is 0.000000181. The van der Waals surface area contributed by atoms with E-state index in [1.54, 1.807) is 0 Å². The van der Waals surface area contributed by atoms with Crippen molar-refractivity contribution in [1.82, 2.24) is 9.97 Å². The molecule has 0 unspecified atom stereocenters. The Kier molecular flexibility index (Phi) is 6.49. The van der Waals surface area contributed by atoms with Gasteiger partial charge in [0.15, 0.2) is 5.43 Å². The van der Waals surface area contributed by atoms with Gasteiger partial charge in [0.2, 0.25) is 0 Å². The number of rotatable bonds is 2. The van der Waals surface area contributed by atoms with Gasteiger partial charge in [-0.1, -0.05) is 11.6 Å². The second kappa shape index (κ2) is 8.95. The molecule has 1 N–H and O–H groups in total. The third-order valence-electron chi connectivity index (χ3n) is 3.86. The van der Waals surface area contributed by atoms with E-state index in [1.165, 1.54) is 48.8 Å². The molecule has 12 heteroatoms.